The van der Waals surface area contributed by atoms with Crippen LogP contribution >= 0.6 is 0 Å². The molecule has 0 aliphatic rings. The van der Waals surface area contributed by atoms with Gasteiger partial charge in [-0.15, -0.1) is 0 Å². The van der Waals surface area contributed by atoms with Crippen LogP contribution in [0.4, 0.5) is 8.78 Å². The van der Waals surface area contributed by atoms with Crippen molar-refractivity contribution in [3.63, 3.8) is 0 Å². The summed E-state index contributed by atoms with van der Waals surface area (Å²) in [4.78, 5) is 13.8. The molecule has 1 aromatic carbocycles. The summed E-state index contributed by atoms with van der Waals surface area (Å²) in [5, 5.41) is 0. The Bertz CT molecular complexity index is 441. The zero-order chi connectivity index (χ0) is 13.9. The molecule has 100 valence electrons. The average molecular weight is 256 g/mol. The molecule has 2 N–H and O–H groups in total. The van der Waals surface area contributed by atoms with Crippen LogP contribution < -0.4 is 5.73 Å². The van der Waals surface area contributed by atoms with Crippen LogP contribution in [0.15, 0.2) is 18.2 Å². The molecule has 0 aliphatic carbocycles. The number of rotatable bonds is 3. The minimum Gasteiger partial charge on any atom is -0.333 e. The lowest BCUT2D eigenvalue weighted by molar-refractivity contribution is 0.0591. The summed E-state index contributed by atoms with van der Waals surface area (Å²) < 4.78 is 25.9. The maximum absolute atomic E-state index is 13.1. The van der Waals surface area contributed by atoms with Crippen molar-refractivity contribution in [1.29, 1.82) is 0 Å². The lowest BCUT2D eigenvalue weighted by Crippen LogP contribution is -2.48. The summed E-state index contributed by atoms with van der Waals surface area (Å²) in [6.45, 7) is 6.26. The summed E-state index contributed by atoms with van der Waals surface area (Å²) >= 11 is 0. The summed E-state index contributed by atoms with van der Waals surface area (Å²) in [5.41, 5.74) is 5.16. The zero-order valence-electron chi connectivity index (χ0n) is 10.8. The molecule has 0 radical (unpaired) electrons. The molecule has 0 atom stereocenters. The number of nitrogens with two attached hydrogens (primary N) is 1. The van der Waals surface area contributed by atoms with E-state index >= 15 is 0 Å². The van der Waals surface area contributed by atoms with Crippen LogP contribution in [-0.2, 0) is 0 Å². The highest BCUT2D eigenvalue weighted by Crippen LogP contribution is 2.18. The molecule has 1 amide bonds. The normalized spacial score (nSPS) is 11.4. The van der Waals surface area contributed by atoms with Crippen molar-refractivity contribution in [2.75, 3.05) is 13.1 Å². The molecule has 0 unspecified atom stereocenters. The molecule has 0 saturated carbocycles. The molecule has 3 nitrogen and oxygen atoms in total. The quantitative estimate of drug-likeness (QED) is 0.900. The van der Waals surface area contributed by atoms with E-state index in [-0.39, 0.29) is 11.5 Å². The zero-order valence-corrected chi connectivity index (χ0v) is 10.8. The standard InChI is InChI=1S/C13H18F2N2O/c1-13(2,3)17(7-6-16)12(18)9-4-5-10(14)11(15)8-9/h4-5,8H,6-7,16H2,1-3H3. The van der Waals surface area contributed by atoms with Gasteiger partial charge in [0, 0.05) is 24.2 Å². The number of carbonyl (C=O) groups excluding carboxylic acids is 1. The molecule has 5 heteroatoms. The second-order valence-electron chi connectivity index (χ2n) is 5.05. The first-order valence-electron chi connectivity index (χ1n) is 5.74. The van der Waals surface area contributed by atoms with Crippen LogP contribution in [-0.4, -0.2) is 29.4 Å². The van der Waals surface area contributed by atoms with Gasteiger partial charge in [0.25, 0.3) is 5.91 Å². The van der Waals surface area contributed by atoms with Crippen LogP contribution in [0.25, 0.3) is 0 Å². The summed E-state index contributed by atoms with van der Waals surface area (Å²) in [6.07, 6.45) is 0. The van der Waals surface area contributed by atoms with Gasteiger partial charge in [-0.25, -0.2) is 8.78 Å². The molecule has 0 aromatic heterocycles. The highest BCUT2D eigenvalue weighted by molar-refractivity contribution is 5.94. The van der Waals surface area contributed by atoms with Crippen molar-refractivity contribution in [2.45, 2.75) is 26.3 Å². The van der Waals surface area contributed by atoms with Gasteiger partial charge in [0.15, 0.2) is 11.6 Å². The van der Waals surface area contributed by atoms with Gasteiger partial charge in [-0.3, -0.25) is 4.79 Å². The Kier molecular flexibility index (Phi) is 4.40. The van der Waals surface area contributed by atoms with Crippen LogP contribution in [0.3, 0.4) is 0 Å². The van der Waals surface area contributed by atoms with E-state index in [1.54, 1.807) is 4.90 Å². The third kappa shape index (κ3) is 3.26. The second kappa shape index (κ2) is 5.44. The molecule has 18 heavy (non-hydrogen) atoms. The van der Waals surface area contributed by atoms with E-state index in [1.807, 2.05) is 20.8 Å². The Morgan fingerprint density at radius 1 is 1.28 bits per heavy atom. The van der Waals surface area contributed by atoms with E-state index in [4.69, 9.17) is 5.73 Å². The molecule has 0 saturated heterocycles. The van der Waals surface area contributed by atoms with Crippen molar-refractivity contribution >= 4 is 5.91 Å². The Morgan fingerprint density at radius 3 is 2.33 bits per heavy atom. The van der Waals surface area contributed by atoms with E-state index in [0.29, 0.717) is 13.1 Å². The third-order valence-electron chi connectivity index (χ3n) is 2.57. The minimum absolute atomic E-state index is 0.122. The van der Waals surface area contributed by atoms with Crippen LogP contribution in [0.1, 0.15) is 31.1 Å². The number of carbonyl (C=O) groups is 1. The van der Waals surface area contributed by atoms with E-state index < -0.39 is 17.2 Å². The topological polar surface area (TPSA) is 46.3 Å². The first kappa shape index (κ1) is 14.6. The predicted molar refractivity (Wildman–Crippen MR) is 66.2 cm³/mol. The number of halogens is 2. The number of amides is 1. The van der Waals surface area contributed by atoms with Crippen molar-refractivity contribution in [3.8, 4) is 0 Å². The van der Waals surface area contributed by atoms with Crippen LogP contribution in [0.2, 0.25) is 0 Å². The SMILES string of the molecule is CC(C)(C)N(CCN)C(=O)c1ccc(F)c(F)c1. The van der Waals surface area contributed by atoms with Gasteiger partial charge in [0.05, 0.1) is 0 Å². The fourth-order valence-electron chi connectivity index (χ4n) is 1.66. The third-order valence-corrected chi connectivity index (χ3v) is 2.57. The number of nitrogens with zero attached hydrogens (tertiary/aromatic N) is 1. The maximum atomic E-state index is 13.1. The second-order valence-corrected chi connectivity index (χ2v) is 5.05. The highest BCUT2D eigenvalue weighted by atomic mass is 19.2. The summed E-state index contributed by atoms with van der Waals surface area (Å²) in [6, 6.07) is 3.13. The summed E-state index contributed by atoms with van der Waals surface area (Å²) in [5.74, 6) is -2.35. The average Bonchev–Trinajstić information content (AvgIpc) is 2.27. The molecule has 0 bridgehead atoms. The maximum Gasteiger partial charge on any atom is 0.254 e. The van der Waals surface area contributed by atoms with Gasteiger partial charge in [0.1, 0.15) is 0 Å². The van der Waals surface area contributed by atoms with Gasteiger partial charge < -0.3 is 10.6 Å². The molecule has 1 rings (SSSR count). The first-order valence-corrected chi connectivity index (χ1v) is 5.74. The molecule has 0 aliphatic heterocycles. The van der Waals surface area contributed by atoms with E-state index in [9.17, 15) is 13.6 Å². The predicted octanol–water partition coefficient (Wildman–Crippen LogP) is 2.16. The van der Waals surface area contributed by atoms with E-state index in [1.165, 1.54) is 6.07 Å². The molecular formula is C13H18F2N2O. The van der Waals surface area contributed by atoms with Crippen molar-refractivity contribution in [3.05, 3.63) is 35.4 Å². The van der Waals surface area contributed by atoms with Gasteiger partial charge in [-0.05, 0) is 39.0 Å². The number of hydrogen-bond donors (Lipinski definition) is 1. The Labute approximate surface area is 106 Å². The molecule has 0 spiro atoms. The monoisotopic (exact) mass is 256 g/mol. The van der Waals surface area contributed by atoms with E-state index in [2.05, 4.69) is 0 Å². The Balaban J connectivity index is 3.06. The Hall–Kier alpha value is -1.49. The first-order chi connectivity index (χ1) is 8.27. The van der Waals surface area contributed by atoms with Crippen LogP contribution in [0, 0.1) is 11.6 Å². The highest BCUT2D eigenvalue weighted by Gasteiger charge is 2.27. The minimum atomic E-state index is -1.03. The lowest BCUT2D eigenvalue weighted by Gasteiger charge is -2.35. The lowest BCUT2D eigenvalue weighted by atomic mass is 10.0. The van der Waals surface area contributed by atoms with Crippen LogP contribution in [0.5, 0.6) is 0 Å². The van der Waals surface area contributed by atoms with Gasteiger partial charge in [-0.1, -0.05) is 0 Å². The smallest absolute Gasteiger partial charge is 0.254 e. The van der Waals surface area contributed by atoms with Crippen molar-refractivity contribution in [1.82, 2.24) is 4.90 Å². The fourth-order valence-corrected chi connectivity index (χ4v) is 1.66. The molecule has 0 fully saturated rings. The molecule has 0 heterocycles. The Morgan fingerprint density at radius 2 is 1.89 bits per heavy atom. The largest absolute Gasteiger partial charge is 0.333 e. The number of benzene rings is 1. The van der Waals surface area contributed by atoms with E-state index in [0.717, 1.165) is 12.1 Å². The number of hydrogen-bond acceptors (Lipinski definition) is 2. The molecular weight excluding hydrogens is 238 g/mol. The summed E-state index contributed by atoms with van der Waals surface area (Å²) in [7, 11) is 0. The van der Waals surface area contributed by atoms with Crippen molar-refractivity contribution in [2.24, 2.45) is 5.73 Å². The fraction of sp³-hybridized carbons (Fsp3) is 0.462. The van der Waals surface area contributed by atoms with Gasteiger partial charge >= 0.3 is 0 Å². The van der Waals surface area contributed by atoms with Gasteiger partial charge in [-0.2, -0.15) is 0 Å². The molecule has 1 aromatic rings. The van der Waals surface area contributed by atoms with Gasteiger partial charge in [0.2, 0.25) is 0 Å². The van der Waals surface area contributed by atoms with Crippen molar-refractivity contribution < 1.29 is 13.6 Å².